The summed E-state index contributed by atoms with van der Waals surface area (Å²) < 4.78 is 0. The normalized spacial score (nSPS) is 13.3. The molecule has 1 aliphatic heterocycles. The number of aromatic amines is 1. The van der Waals surface area contributed by atoms with E-state index >= 15 is 0 Å². The van der Waals surface area contributed by atoms with Crippen molar-refractivity contribution in [1.82, 2.24) is 15.2 Å². The molecule has 23 heavy (non-hydrogen) atoms. The van der Waals surface area contributed by atoms with Crippen LogP contribution in [0.15, 0.2) is 17.1 Å². The zero-order valence-corrected chi connectivity index (χ0v) is 13.6. The van der Waals surface area contributed by atoms with Crippen molar-refractivity contribution in [1.29, 1.82) is 0 Å². The number of nitrogens with zero attached hydrogens (tertiary/aromatic N) is 3. The standard InChI is InChI=1S/C17H20N4O2/c1-4-11-12(5-2)19-20-16(22)15(11)17(23)21-7-6-13-14(21)8-10(3)9-18-13/h8-9H,4-7H2,1-3H3,(H,20,22). The second-order valence-electron chi connectivity index (χ2n) is 5.75. The molecule has 3 rings (SSSR count). The van der Waals surface area contributed by atoms with Crippen molar-refractivity contribution in [2.45, 2.75) is 40.0 Å². The van der Waals surface area contributed by atoms with Gasteiger partial charge >= 0.3 is 0 Å². The molecule has 0 fully saturated rings. The topological polar surface area (TPSA) is 79.0 Å². The molecule has 0 atom stereocenters. The molecule has 120 valence electrons. The van der Waals surface area contributed by atoms with Crippen LogP contribution in [0.1, 0.15) is 46.7 Å². The Balaban J connectivity index is 2.10. The van der Waals surface area contributed by atoms with Crippen molar-refractivity contribution in [2.24, 2.45) is 0 Å². The van der Waals surface area contributed by atoms with Crippen LogP contribution in [0.25, 0.3) is 0 Å². The highest BCUT2D eigenvalue weighted by Gasteiger charge is 2.30. The summed E-state index contributed by atoms with van der Waals surface area (Å²) in [6.07, 6.45) is 3.80. The lowest BCUT2D eigenvalue weighted by Crippen LogP contribution is -2.35. The largest absolute Gasteiger partial charge is 0.306 e. The summed E-state index contributed by atoms with van der Waals surface area (Å²) in [6.45, 7) is 6.40. The zero-order chi connectivity index (χ0) is 16.6. The van der Waals surface area contributed by atoms with Gasteiger partial charge in [-0.25, -0.2) is 5.10 Å². The number of fused-ring (bicyclic) bond motifs is 1. The first-order valence-corrected chi connectivity index (χ1v) is 7.94. The lowest BCUT2D eigenvalue weighted by Gasteiger charge is -2.19. The van der Waals surface area contributed by atoms with Crippen LogP contribution in [0, 0.1) is 6.92 Å². The summed E-state index contributed by atoms with van der Waals surface area (Å²) in [6, 6.07) is 1.95. The van der Waals surface area contributed by atoms with Crippen molar-refractivity contribution in [3.63, 3.8) is 0 Å². The molecule has 0 unspecified atom stereocenters. The van der Waals surface area contributed by atoms with E-state index < -0.39 is 5.56 Å². The van der Waals surface area contributed by atoms with E-state index in [1.54, 1.807) is 11.1 Å². The third-order valence-corrected chi connectivity index (χ3v) is 4.26. The summed E-state index contributed by atoms with van der Waals surface area (Å²) in [5.74, 6) is -0.258. The molecule has 0 aliphatic carbocycles. The maximum absolute atomic E-state index is 13.0. The number of amides is 1. The summed E-state index contributed by atoms with van der Waals surface area (Å²) in [5.41, 5.74) is 4.03. The fraction of sp³-hybridized carbons (Fsp3) is 0.412. The number of aryl methyl sites for hydroxylation is 2. The van der Waals surface area contributed by atoms with E-state index in [9.17, 15) is 9.59 Å². The Kier molecular flexibility index (Phi) is 3.98. The zero-order valence-electron chi connectivity index (χ0n) is 13.6. The first-order valence-electron chi connectivity index (χ1n) is 7.94. The number of anilines is 1. The molecule has 0 aromatic carbocycles. The lowest BCUT2D eigenvalue weighted by atomic mass is 10.0. The third-order valence-electron chi connectivity index (χ3n) is 4.26. The maximum Gasteiger partial charge on any atom is 0.277 e. The van der Waals surface area contributed by atoms with Gasteiger partial charge in [0.25, 0.3) is 11.5 Å². The molecule has 2 aromatic heterocycles. The summed E-state index contributed by atoms with van der Waals surface area (Å²) in [7, 11) is 0. The molecule has 1 N–H and O–H groups in total. The van der Waals surface area contributed by atoms with Crippen LogP contribution in [0.3, 0.4) is 0 Å². The van der Waals surface area contributed by atoms with Crippen molar-refractivity contribution in [3.05, 3.63) is 50.7 Å². The van der Waals surface area contributed by atoms with Gasteiger partial charge in [-0.2, -0.15) is 5.10 Å². The van der Waals surface area contributed by atoms with E-state index in [0.717, 1.165) is 28.2 Å². The van der Waals surface area contributed by atoms with Gasteiger partial charge in [-0.3, -0.25) is 14.6 Å². The van der Waals surface area contributed by atoms with Gasteiger partial charge in [0, 0.05) is 19.2 Å². The Bertz CT molecular complexity index is 826. The molecule has 6 heteroatoms. The molecule has 3 heterocycles. The van der Waals surface area contributed by atoms with Gasteiger partial charge in [-0.1, -0.05) is 13.8 Å². The number of H-pyrrole nitrogens is 1. The Morgan fingerprint density at radius 2 is 2.13 bits per heavy atom. The summed E-state index contributed by atoms with van der Waals surface area (Å²) >= 11 is 0. The predicted molar refractivity (Wildman–Crippen MR) is 88.0 cm³/mol. The number of carbonyl (C=O) groups is 1. The van der Waals surface area contributed by atoms with E-state index in [1.165, 1.54) is 0 Å². The van der Waals surface area contributed by atoms with Gasteiger partial charge < -0.3 is 4.90 Å². The van der Waals surface area contributed by atoms with Crippen LogP contribution in [0.2, 0.25) is 0 Å². The summed E-state index contributed by atoms with van der Waals surface area (Å²) in [4.78, 5) is 31.4. The molecule has 2 aromatic rings. The highest BCUT2D eigenvalue weighted by molar-refractivity contribution is 6.08. The second kappa shape index (κ2) is 5.95. The number of nitrogens with one attached hydrogen (secondary N) is 1. The minimum Gasteiger partial charge on any atom is -0.306 e. The average molecular weight is 312 g/mol. The lowest BCUT2D eigenvalue weighted by molar-refractivity contribution is 0.0986. The maximum atomic E-state index is 13.0. The van der Waals surface area contributed by atoms with E-state index in [2.05, 4.69) is 15.2 Å². The minimum absolute atomic E-state index is 0.216. The molecule has 1 aliphatic rings. The number of carbonyl (C=O) groups excluding carboxylic acids is 1. The van der Waals surface area contributed by atoms with Gasteiger partial charge in [-0.05, 0) is 37.0 Å². The molecular weight excluding hydrogens is 292 g/mol. The molecule has 0 saturated carbocycles. The number of rotatable bonds is 3. The highest BCUT2D eigenvalue weighted by atomic mass is 16.2. The molecule has 6 nitrogen and oxygen atoms in total. The average Bonchev–Trinajstić information content (AvgIpc) is 2.96. The van der Waals surface area contributed by atoms with Crippen molar-refractivity contribution < 1.29 is 4.79 Å². The number of pyridine rings is 1. The first-order chi connectivity index (χ1) is 11.1. The molecular formula is C17H20N4O2. The molecule has 0 radical (unpaired) electrons. The fourth-order valence-corrected chi connectivity index (χ4v) is 3.11. The van der Waals surface area contributed by atoms with Crippen LogP contribution < -0.4 is 10.5 Å². The predicted octanol–water partition coefficient (Wildman–Crippen LogP) is 1.80. The van der Waals surface area contributed by atoms with E-state index in [-0.39, 0.29) is 11.5 Å². The van der Waals surface area contributed by atoms with Gasteiger partial charge in [-0.15, -0.1) is 0 Å². The smallest absolute Gasteiger partial charge is 0.277 e. The Hall–Kier alpha value is -2.50. The molecule has 0 saturated heterocycles. The van der Waals surface area contributed by atoms with E-state index in [1.807, 2.05) is 26.8 Å². The number of hydrogen-bond donors (Lipinski definition) is 1. The number of aromatic nitrogens is 3. The van der Waals surface area contributed by atoms with Crippen LogP contribution in [0.4, 0.5) is 5.69 Å². The second-order valence-corrected chi connectivity index (χ2v) is 5.75. The first kappa shape index (κ1) is 15.4. The molecule has 0 bridgehead atoms. The quantitative estimate of drug-likeness (QED) is 0.937. The van der Waals surface area contributed by atoms with Crippen LogP contribution in [-0.2, 0) is 19.3 Å². The molecule has 0 spiro atoms. The third kappa shape index (κ3) is 2.54. The Morgan fingerprint density at radius 3 is 2.83 bits per heavy atom. The Labute approximate surface area is 134 Å². The van der Waals surface area contributed by atoms with Gasteiger partial charge in [0.2, 0.25) is 0 Å². The van der Waals surface area contributed by atoms with Gasteiger partial charge in [0.15, 0.2) is 0 Å². The van der Waals surface area contributed by atoms with Gasteiger partial charge in [0.1, 0.15) is 5.56 Å². The number of hydrogen-bond acceptors (Lipinski definition) is 4. The minimum atomic E-state index is -0.418. The summed E-state index contributed by atoms with van der Waals surface area (Å²) in [5, 5.41) is 6.54. The van der Waals surface area contributed by atoms with Crippen LogP contribution in [-0.4, -0.2) is 27.6 Å². The SMILES string of the molecule is CCc1n[nH]c(=O)c(C(=O)N2CCc3ncc(C)cc32)c1CC. The monoisotopic (exact) mass is 312 g/mol. The van der Waals surface area contributed by atoms with Crippen LogP contribution in [0.5, 0.6) is 0 Å². The fourth-order valence-electron chi connectivity index (χ4n) is 3.11. The van der Waals surface area contributed by atoms with Crippen molar-refractivity contribution in [3.8, 4) is 0 Å². The van der Waals surface area contributed by atoms with Crippen molar-refractivity contribution >= 4 is 11.6 Å². The van der Waals surface area contributed by atoms with E-state index in [4.69, 9.17) is 0 Å². The van der Waals surface area contributed by atoms with Gasteiger partial charge in [0.05, 0.1) is 17.1 Å². The highest BCUT2D eigenvalue weighted by Crippen LogP contribution is 2.28. The van der Waals surface area contributed by atoms with Crippen molar-refractivity contribution in [2.75, 3.05) is 11.4 Å². The molecule has 1 amide bonds. The van der Waals surface area contributed by atoms with E-state index in [0.29, 0.717) is 25.8 Å². The Morgan fingerprint density at radius 1 is 1.35 bits per heavy atom. The van der Waals surface area contributed by atoms with Crippen LogP contribution >= 0.6 is 0 Å².